The first kappa shape index (κ1) is 15.4. The molecule has 1 N–H and O–H groups in total. The first-order valence-electron chi connectivity index (χ1n) is 6.76. The molecule has 0 aromatic heterocycles. The Morgan fingerprint density at radius 2 is 2.20 bits per heavy atom. The number of rotatable bonds is 5. The van der Waals surface area contributed by atoms with Crippen LogP contribution < -0.4 is 5.32 Å². The topological polar surface area (TPSA) is 58.6 Å². The minimum atomic E-state index is -3.41. The zero-order valence-electron chi connectivity index (χ0n) is 12.2. The van der Waals surface area contributed by atoms with Gasteiger partial charge in [0, 0.05) is 26.7 Å². The molecule has 1 fully saturated rings. The van der Waals surface area contributed by atoms with Gasteiger partial charge >= 0.3 is 0 Å². The quantitative estimate of drug-likeness (QED) is 0.885. The van der Waals surface area contributed by atoms with Gasteiger partial charge in [0.1, 0.15) is 0 Å². The van der Waals surface area contributed by atoms with Gasteiger partial charge in [0.25, 0.3) is 0 Å². The largest absolute Gasteiger partial charge is 0.380 e. The van der Waals surface area contributed by atoms with E-state index >= 15 is 0 Å². The smallest absolute Gasteiger partial charge is 0.243 e. The monoisotopic (exact) mass is 298 g/mol. The van der Waals surface area contributed by atoms with Crippen LogP contribution >= 0.6 is 0 Å². The maximum absolute atomic E-state index is 12.6. The predicted molar refractivity (Wildman–Crippen MR) is 78.1 cm³/mol. The Hall–Kier alpha value is -0.950. The lowest BCUT2D eigenvalue weighted by atomic mass is 10.1. The molecule has 1 saturated heterocycles. The fraction of sp³-hybridized carbons (Fsp3) is 0.571. The van der Waals surface area contributed by atoms with Gasteiger partial charge < -0.3 is 10.1 Å². The Balaban J connectivity index is 2.28. The zero-order valence-corrected chi connectivity index (χ0v) is 13.0. The van der Waals surface area contributed by atoms with Gasteiger partial charge in [0.05, 0.1) is 11.0 Å². The third-order valence-electron chi connectivity index (χ3n) is 3.77. The van der Waals surface area contributed by atoms with Crippen LogP contribution in [0.15, 0.2) is 23.1 Å². The molecule has 0 spiro atoms. The van der Waals surface area contributed by atoms with E-state index in [-0.39, 0.29) is 6.10 Å². The lowest BCUT2D eigenvalue weighted by Crippen LogP contribution is -2.30. The Morgan fingerprint density at radius 3 is 2.80 bits per heavy atom. The first-order valence-corrected chi connectivity index (χ1v) is 8.20. The highest BCUT2D eigenvalue weighted by Gasteiger charge is 2.32. The summed E-state index contributed by atoms with van der Waals surface area (Å²) in [6.07, 6.45) is 0.761. The third-order valence-corrected chi connectivity index (χ3v) is 5.63. The Kier molecular flexibility index (Phi) is 4.80. The van der Waals surface area contributed by atoms with E-state index in [4.69, 9.17) is 4.74 Å². The van der Waals surface area contributed by atoms with E-state index in [1.165, 1.54) is 4.31 Å². The van der Waals surface area contributed by atoms with E-state index in [0.29, 0.717) is 24.5 Å². The molecule has 1 aliphatic heterocycles. The van der Waals surface area contributed by atoms with Gasteiger partial charge in [0.2, 0.25) is 10.0 Å². The van der Waals surface area contributed by atoms with E-state index in [1.54, 1.807) is 19.2 Å². The van der Waals surface area contributed by atoms with Crippen LogP contribution in [0, 0.1) is 6.92 Å². The van der Waals surface area contributed by atoms with Crippen molar-refractivity contribution in [1.82, 2.24) is 9.62 Å². The number of hydrogen-bond donors (Lipinski definition) is 1. The van der Waals surface area contributed by atoms with Crippen LogP contribution in [0.3, 0.4) is 0 Å². The van der Waals surface area contributed by atoms with Crippen LogP contribution in [-0.2, 0) is 21.3 Å². The van der Waals surface area contributed by atoms with Gasteiger partial charge in [-0.25, -0.2) is 8.42 Å². The molecule has 1 aromatic rings. The number of nitrogens with one attached hydrogen (secondary N) is 1. The number of nitrogens with zero attached hydrogens (tertiary/aromatic N) is 1. The number of ether oxygens (including phenoxy) is 1. The number of benzene rings is 1. The fourth-order valence-corrected chi connectivity index (χ4v) is 3.98. The van der Waals surface area contributed by atoms with Gasteiger partial charge in [-0.15, -0.1) is 0 Å². The van der Waals surface area contributed by atoms with Crippen molar-refractivity contribution in [3.63, 3.8) is 0 Å². The molecule has 20 heavy (non-hydrogen) atoms. The van der Waals surface area contributed by atoms with E-state index in [1.807, 2.05) is 20.0 Å². The Labute approximate surface area is 121 Å². The molecule has 1 heterocycles. The minimum absolute atomic E-state index is 0.00648. The number of aryl methyl sites for hydroxylation is 1. The van der Waals surface area contributed by atoms with Crippen molar-refractivity contribution in [2.75, 3.05) is 27.2 Å². The summed E-state index contributed by atoms with van der Waals surface area (Å²) in [5, 5.41) is 3.06. The molecule has 5 nitrogen and oxygen atoms in total. The lowest BCUT2D eigenvalue weighted by Gasteiger charge is -2.17. The molecule has 2 rings (SSSR count). The highest BCUT2D eigenvalue weighted by Crippen LogP contribution is 2.24. The van der Waals surface area contributed by atoms with Crippen molar-refractivity contribution in [3.8, 4) is 0 Å². The van der Waals surface area contributed by atoms with Crippen molar-refractivity contribution < 1.29 is 13.2 Å². The van der Waals surface area contributed by atoms with Crippen LogP contribution in [0.1, 0.15) is 17.5 Å². The molecule has 6 heteroatoms. The number of sulfonamides is 1. The predicted octanol–water partition coefficient (Wildman–Crippen LogP) is 1.12. The number of methoxy groups -OCH3 is 1. The second-order valence-corrected chi connectivity index (χ2v) is 7.07. The maximum Gasteiger partial charge on any atom is 0.243 e. The van der Waals surface area contributed by atoms with Gasteiger partial charge in [-0.2, -0.15) is 4.31 Å². The molecule has 1 aliphatic rings. The van der Waals surface area contributed by atoms with E-state index in [2.05, 4.69) is 5.32 Å². The van der Waals surface area contributed by atoms with Crippen LogP contribution in [0.5, 0.6) is 0 Å². The van der Waals surface area contributed by atoms with Crippen molar-refractivity contribution >= 4 is 10.0 Å². The average molecular weight is 298 g/mol. The second-order valence-electron chi connectivity index (χ2n) is 5.13. The summed E-state index contributed by atoms with van der Waals surface area (Å²) in [6, 6.07) is 5.31. The average Bonchev–Trinajstić information content (AvgIpc) is 2.91. The SMILES string of the molecule is CNCc1cc(S(=O)(=O)N2CCC(OC)C2)ccc1C. The zero-order chi connectivity index (χ0) is 14.8. The lowest BCUT2D eigenvalue weighted by molar-refractivity contribution is 0.115. The first-order chi connectivity index (χ1) is 9.48. The standard InChI is InChI=1S/C14H22N2O3S/c1-11-4-5-14(8-12(11)9-15-2)20(17,18)16-7-6-13(10-16)19-3/h4-5,8,13,15H,6-7,9-10H2,1-3H3. The molecule has 0 aliphatic carbocycles. The number of hydrogen-bond acceptors (Lipinski definition) is 4. The summed E-state index contributed by atoms with van der Waals surface area (Å²) in [5.74, 6) is 0. The molecular formula is C14H22N2O3S. The molecule has 1 unspecified atom stereocenters. The summed E-state index contributed by atoms with van der Waals surface area (Å²) in [6.45, 7) is 3.61. The summed E-state index contributed by atoms with van der Waals surface area (Å²) in [4.78, 5) is 0.366. The van der Waals surface area contributed by atoms with Gasteiger partial charge in [-0.3, -0.25) is 0 Å². The highest BCUT2D eigenvalue weighted by atomic mass is 32.2. The van der Waals surface area contributed by atoms with Crippen LogP contribution in [0.2, 0.25) is 0 Å². The molecule has 0 bridgehead atoms. The minimum Gasteiger partial charge on any atom is -0.380 e. The van der Waals surface area contributed by atoms with E-state index in [9.17, 15) is 8.42 Å². The van der Waals surface area contributed by atoms with Gasteiger partial charge in [-0.05, 0) is 43.7 Å². The van der Waals surface area contributed by atoms with Crippen molar-refractivity contribution in [1.29, 1.82) is 0 Å². The van der Waals surface area contributed by atoms with Crippen LogP contribution in [0.4, 0.5) is 0 Å². The molecular weight excluding hydrogens is 276 g/mol. The maximum atomic E-state index is 12.6. The summed E-state index contributed by atoms with van der Waals surface area (Å²) < 4.78 is 32.0. The van der Waals surface area contributed by atoms with Crippen molar-refractivity contribution in [2.45, 2.75) is 30.9 Å². The molecule has 0 amide bonds. The van der Waals surface area contributed by atoms with Crippen LogP contribution in [-0.4, -0.2) is 46.1 Å². The molecule has 1 aromatic carbocycles. The molecule has 112 valence electrons. The van der Waals surface area contributed by atoms with Crippen molar-refractivity contribution in [3.05, 3.63) is 29.3 Å². The molecule has 0 radical (unpaired) electrons. The Morgan fingerprint density at radius 1 is 1.45 bits per heavy atom. The van der Waals surface area contributed by atoms with E-state index < -0.39 is 10.0 Å². The summed E-state index contributed by atoms with van der Waals surface area (Å²) in [5.41, 5.74) is 2.10. The van der Waals surface area contributed by atoms with E-state index in [0.717, 1.165) is 17.5 Å². The normalized spacial score (nSPS) is 20.4. The fourth-order valence-electron chi connectivity index (χ4n) is 2.45. The summed E-state index contributed by atoms with van der Waals surface area (Å²) >= 11 is 0. The Bertz CT molecular complexity index is 572. The highest BCUT2D eigenvalue weighted by molar-refractivity contribution is 7.89. The van der Waals surface area contributed by atoms with Gasteiger partial charge in [-0.1, -0.05) is 6.07 Å². The van der Waals surface area contributed by atoms with Gasteiger partial charge in [0.15, 0.2) is 0 Å². The third kappa shape index (κ3) is 3.03. The molecule has 0 saturated carbocycles. The van der Waals surface area contributed by atoms with Crippen molar-refractivity contribution in [2.24, 2.45) is 0 Å². The van der Waals surface area contributed by atoms with Crippen LogP contribution in [0.25, 0.3) is 0 Å². The summed E-state index contributed by atoms with van der Waals surface area (Å²) in [7, 11) is 0.0604. The second kappa shape index (κ2) is 6.22. The molecule has 1 atom stereocenters.